The van der Waals surface area contributed by atoms with Crippen molar-refractivity contribution in [2.75, 3.05) is 0 Å². The van der Waals surface area contributed by atoms with Crippen LogP contribution >= 0.6 is 0 Å². The number of aliphatic hydroxyl groups is 2. The molecule has 0 atom stereocenters. The molecule has 0 aliphatic rings. The van der Waals surface area contributed by atoms with Crippen LogP contribution in [-0.4, -0.2) is 38.7 Å². The minimum Gasteiger partial charge on any atom is -0.478 e. The minimum absolute atomic E-state index is 0.176. The second kappa shape index (κ2) is 14.4. The number of hydrogen-bond donors (Lipinski definition) is 4. The van der Waals surface area contributed by atoms with E-state index >= 15 is 0 Å². The van der Waals surface area contributed by atoms with E-state index in [1.54, 1.807) is 0 Å². The molecule has 0 amide bonds. The van der Waals surface area contributed by atoms with E-state index in [0.717, 1.165) is 12.8 Å². The summed E-state index contributed by atoms with van der Waals surface area (Å²) in [7, 11) is 0. The number of rotatable bonds is 5. The van der Waals surface area contributed by atoms with Crippen LogP contribution in [0.1, 0.15) is 40.0 Å². The molecule has 0 radical (unpaired) electrons. The highest BCUT2D eigenvalue weighted by Gasteiger charge is 1.92. The summed E-state index contributed by atoms with van der Waals surface area (Å²) >= 11 is 0. The summed E-state index contributed by atoms with van der Waals surface area (Å²) in [4.78, 5) is 19.2. The van der Waals surface area contributed by atoms with Crippen LogP contribution in [-0.2, 0) is 9.59 Å². The zero-order chi connectivity index (χ0) is 16.0. The Morgan fingerprint density at radius 2 is 1.26 bits per heavy atom. The van der Waals surface area contributed by atoms with E-state index in [-0.39, 0.29) is 11.1 Å². The van der Waals surface area contributed by atoms with Gasteiger partial charge in [0.1, 0.15) is 0 Å². The van der Waals surface area contributed by atoms with Gasteiger partial charge in [-0.3, -0.25) is 0 Å². The fraction of sp³-hybridized carbons (Fsp3) is 0.538. The van der Waals surface area contributed by atoms with Crippen molar-refractivity contribution in [1.29, 1.82) is 0 Å². The zero-order valence-corrected chi connectivity index (χ0v) is 11.7. The maximum absolute atomic E-state index is 9.60. The zero-order valence-electron chi connectivity index (χ0n) is 11.7. The maximum Gasteiger partial charge on any atom is 0.330 e. The van der Waals surface area contributed by atoms with Crippen molar-refractivity contribution in [2.24, 2.45) is 0 Å². The summed E-state index contributed by atoms with van der Waals surface area (Å²) in [5.74, 6) is -1.87. The van der Waals surface area contributed by atoms with E-state index in [4.69, 9.17) is 20.4 Å². The molecule has 4 N–H and O–H groups in total. The predicted octanol–water partition coefficient (Wildman–Crippen LogP) is 1.78. The lowest BCUT2D eigenvalue weighted by atomic mass is 10.2. The first-order chi connectivity index (χ1) is 8.56. The van der Waals surface area contributed by atoms with Crippen LogP contribution in [0.4, 0.5) is 0 Å². The Kier molecular flexibility index (Phi) is 17.1. The highest BCUT2D eigenvalue weighted by Crippen LogP contribution is 1.95. The fourth-order valence-corrected chi connectivity index (χ4v) is 0.387. The maximum atomic E-state index is 9.60. The number of hydrogen-bond acceptors (Lipinski definition) is 4. The average molecular weight is 276 g/mol. The first-order valence-corrected chi connectivity index (χ1v) is 5.69. The fourth-order valence-electron chi connectivity index (χ4n) is 0.387. The standard InChI is InChI=1S/C5H12O2.2C4H6O2/c1-2-3-4-5(6)7;2*1-3(2)4(5)6/h5-7H,2-4H2,1H3;2*1H2,2H3,(H,5,6). The van der Waals surface area contributed by atoms with Gasteiger partial charge < -0.3 is 20.4 Å². The highest BCUT2D eigenvalue weighted by atomic mass is 16.5. The van der Waals surface area contributed by atoms with Crippen LogP contribution in [0.3, 0.4) is 0 Å². The van der Waals surface area contributed by atoms with E-state index in [0.29, 0.717) is 6.42 Å². The first-order valence-electron chi connectivity index (χ1n) is 5.69. The molecule has 0 aliphatic carbocycles. The largest absolute Gasteiger partial charge is 0.478 e. The molecule has 0 aliphatic heterocycles. The van der Waals surface area contributed by atoms with Gasteiger partial charge in [0.2, 0.25) is 0 Å². The predicted molar refractivity (Wildman–Crippen MR) is 72.7 cm³/mol. The molecule has 0 spiro atoms. The Hall–Kier alpha value is -1.66. The quantitative estimate of drug-likeness (QED) is 0.449. The monoisotopic (exact) mass is 276 g/mol. The SMILES string of the molecule is C=C(C)C(=O)O.C=C(C)C(=O)O.CCCCC(O)O. The van der Waals surface area contributed by atoms with Gasteiger partial charge in [-0.05, 0) is 26.7 Å². The van der Waals surface area contributed by atoms with Crippen LogP contribution in [0.15, 0.2) is 24.3 Å². The van der Waals surface area contributed by atoms with Crippen molar-refractivity contribution in [2.45, 2.75) is 46.3 Å². The van der Waals surface area contributed by atoms with E-state index in [1.807, 2.05) is 6.92 Å². The average Bonchev–Trinajstić information content (AvgIpc) is 2.27. The molecule has 0 heterocycles. The molecule has 0 fully saturated rings. The summed E-state index contributed by atoms with van der Waals surface area (Å²) in [5.41, 5.74) is 0.352. The minimum atomic E-state index is -1.10. The summed E-state index contributed by atoms with van der Waals surface area (Å²) in [6.45, 7) is 11.2. The van der Waals surface area contributed by atoms with E-state index in [2.05, 4.69) is 13.2 Å². The Balaban J connectivity index is -0.000000203. The number of aliphatic carboxylic acids is 2. The summed E-state index contributed by atoms with van der Waals surface area (Å²) < 4.78 is 0. The van der Waals surface area contributed by atoms with E-state index < -0.39 is 18.2 Å². The number of carboxylic acid groups (broad SMARTS) is 2. The van der Waals surface area contributed by atoms with Crippen molar-refractivity contribution in [1.82, 2.24) is 0 Å². The number of unbranched alkanes of at least 4 members (excludes halogenated alkanes) is 1. The van der Waals surface area contributed by atoms with Crippen molar-refractivity contribution in [3.8, 4) is 0 Å². The van der Waals surface area contributed by atoms with Gasteiger partial charge in [0.25, 0.3) is 0 Å². The first kappa shape index (κ1) is 22.5. The summed E-state index contributed by atoms with van der Waals surface area (Å²) in [6.07, 6.45) is 1.34. The molecule has 6 nitrogen and oxygen atoms in total. The molecular weight excluding hydrogens is 252 g/mol. The van der Waals surface area contributed by atoms with Gasteiger partial charge >= 0.3 is 11.9 Å². The van der Waals surface area contributed by atoms with Gasteiger partial charge in [0, 0.05) is 11.1 Å². The lowest BCUT2D eigenvalue weighted by molar-refractivity contribution is -0.133. The molecule has 0 aromatic carbocycles. The third-order valence-electron chi connectivity index (χ3n) is 1.55. The second-order valence-electron chi connectivity index (χ2n) is 3.79. The molecule has 112 valence electrons. The smallest absolute Gasteiger partial charge is 0.330 e. The van der Waals surface area contributed by atoms with Crippen LogP contribution in [0.5, 0.6) is 0 Å². The van der Waals surface area contributed by atoms with E-state index in [9.17, 15) is 9.59 Å². The lowest BCUT2D eigenvalue weighted by Gasteiger charge is -1.97. The van der Waals surface area contributed by atoms with Gasteiger partial charge in [-0.15, -0.1) is 0 Å². The molecule has 0 unspecified atom stereocenters. The van der Waals surface area contributed by atoms with Crippen LogP contribution < -0.4 is 0 Å². The Bertz CT molecular complexity index is 246. The molecule has 0 saturated heterocycles. The molecule has 0 aromatic heterocycles. The Labute approximate surface area is 113 Å². The molecule has 6 heteroatoms. The van der Waals surface area contributed by atoms with Gasteiger partial charge in [-0.1, -0.05) is 26.5 Å². The van der Waals surface area contributed by atoms with Gasteiger partial charge in [-0.2, -0.15) is 0 Å². The van der Waals surface area contributed by atoms with Crippen LogP contribution in [0, 0.1) is 0 Å². The Morgan fingerprint density at radius 1 is 1.00 bits per heavy atom. The van der Waals surface area contributed by atoms with Crippen LogP contribution in [0.2, 0.25) is 0 Å². The normalized spacial score (nSPS) is 8.53. The van der Waals surface area contributed by atoms with Gasteiger partial charge in [-0.25, -0.2) is 9.59 Å². The molecule has 0 aromatic rings. The molecule has 0 saturated carbocycles. The molecule has 0 bridgehead atoms. The number of carbonyl (C=O) groups is 2. The van der Waals surface area contributed by atoms with Crippen molar-refractivity contribution >= 4 is 11.9 Å². The lowest BCUT2D eigenvalue weighted by Crippen LogP contribution is -2.02. The third kappa shape index (κ3) is 31.4. The number of carboxylic acids is 2. The second-order valence-corrected chi connectivity index (χ2v) is 3.79. The van der Waals surface area contributed by atoms with Crippen molar-refractivity contribution in [3.63, 3.8) is 0 Å². The molecule has 19 heavy (non-hydrogen) atoms. The van der Waals surface area contributed by atoms with Crippen molar-refractivity contribution < 1.29 is 30.0 Å². The number of aliphatic hydroxyl groups excluding tert-OH is 1. The Morgan fingerprint density at radius 3 is 1.32 bits per heavy atom. The van der Waals surface area contributed by atoms with Gasteiger partial charge in [0.05, 0.1) is 0 Å². The van der Waals surface area contributed by atoms with Gasteiger partial charge in [0.15, 0.2) is 6.29 Å². The topological polar surface area (TPSA) is 115 Å². The molecular formula is C13H24O6. The van der Waals surface area contributed by atoms with Crippen LogP contribution in [0.25, 0.3) is 0 Å². The summed E-state index contributed by atoms with van der Waals surface area (Å²) in [5, 5.41) is 32.3. The molecule has 0 rings (SSSR count). The third-order valence-corrected chi connectivity index (χ3v) is 1.55. The van der Waals surface area contributed by atoms with Crippen molar-refractivity contribution in [3.05, 3.63) is 24.3 Å². The summed E-state index contributed by atoms with van der Waals surface area (Å²) in [6, 6.07) is 0. The van der Waals surface area contributed by atoms with E-state index in [1.165, 1.54) is 13.8 Å². The highest BCUT2D eigenvalue weighted by molar-refractivity contribution is 5.85.